The van der Waals surface area contributed by atoms with Gasteiger partial charge in [0, 0.05) is 44.7 Å². The molecule has 2 aliphatic rings. The Morgan fingerprint density at radius 2 is 1.77 bits per heavy atom. The largest absolute Gasteiger partial charge is 0.354 e. The highest BCUT2D eigenvalue weighted by Gasteiger charge is 2.27. The van der Waals surface area contributed by atoms with Gasteiger partial charge in [-0.15, -0.1) is 0 Å². The van der Waals surface area contributed by atoms with Crippen LogP contribution in [0.2, 0.25) is 0 Å². The summed E-state index contributed by atoms with van der Waals surface area (Å²) in [7, 11) is 2.19. The van der Waals surface area contributed by atoms with Crippen LogP contribution in [0.15, 0.2) is 30.3 Å². The maximum absolute atomic E-state index is 13.5. The summed E-state index contributed by atoms with van der Waals surface area (Å²) >= 11 is 0. The predicted molar refractivity (Wildman–Crippen MR) is 144 cm³/mol. The first kappa shape index (κ1) is 25.7. The molecule has 1 saturated heterocycles. The summed E-state index contributed by atoms with van der Waals surface area (Å²) in [5.74, 6) is 2.80. The van der Waals surface area contributed by atoms with Crippen molar-refractivity contribution < 1.29 is 4.79 Å². The lowest BCUT2D eigenvalue weighted by atomic mass is 10.0. The predicted octanol–water partition coefficient (Wildman–Crippen LogP) is 5.28. The lowest BCUT2D eigenvalue weighted by Gasteiger charge is -2.35. The molecule has 0 unspecified atom stereocenters. The molecule has 0 bridgehead atoms. The zero-order chi connectivity index (χ0) is 24.8. The van der Waals surface area contributed by atoms with Gasteiger partial charge in [0.05, 0.1) is 17.9 Å². The fourth-order valence-electron chi connectivity index (χ4n) is 5.51. The third kappa shape index (κ3) is 6.66. The van der Waals surface area contributed by atoms with Gasteiger partial charge in [0.1, 0.15) is 5.82 Å². The lowest BCUT2D eigenvalue weighted by molar-refractivity contribution is -0.132. The molecule has 0 radical (unpaired) electrons. The molecule has 1 amide bonds. The van der Waals surface area contributed by atoms with E-state index in [1.807, 2.05) is 6.07 Å². The van der Waals surface area contributed by atoms with Crippen LogP contribution in [0.3, 0.4) is 0 Å². The average Bonchev–Trinajstić information content (AvgIpc) is 3.49. The summed E-state index contributed by atoms with van der Waals surface area (Å²) in [6.45, 7) is 12.1. The molecule has 2 heterocycles. The maximum atomic E-state index is 13.5. The standard InChI is InChI=1S/C29H45N5O/c1-23(2)16-17-33(28(35)15-14-25-10-8-9-11-25)22-27-24(3)30-34(26-12-6-5-7-13-26)29(27)32-20-18-31(4)19-21-32/h5-7,12-13,23,25H,8-11,14-22H2,1-4H3. The number of anilines is 1. The molecular formula is C29H45N5O. The number of benzene rings is 1. The van der Waals surface area contributed by atoms with Crippen molar-refractivity contribution in [1.82, 2.24) is 19.6 Å². The minimum absolute atomic E-state index is 0.314. The van der Waals surface area contributed by atoms with Gasteiger partial charge in [0.25, 0.3) is 0 Å². The molecular weight excluding hydrogens is 434 g/mol. The molecule has 0 spiro atoms. The first-order chi connectivity index (χ1) is 16.9. The number of carbonyl (C=O) groups is 1. The summed E-state index contributed by atoms with van der Waals surface area (Å²) in [5.41, 5.74) is 3.31. The van der Waals surface area contributed by atoms with E-state index < -0.39 is 0 Å². The number of aryl methyl sites for hydroxylation is 1. The van der Waals surface area contributed by atoms with Crippen LogP contribution in [0, 0.1) is 18.8 Å². The molecule has 0 N–H and O–H groups in total. The summed E-state index contributed by atoms with van der Waals surface area (Å²) in [5, 5.41) is 5.02. The van der Waals surface area contributed by atoms with E-state index in [9.17, 15) is 4.79 Å². The first-order valence-electron chi connectivity index (χ1n) is 13.8. The van der Waals surface area contributed by atoms with Crippen molar-refractivity contribution >= 4 is 11.7 Å². The number of nitrogens with zero attached hydrogens (tertiary/aromatic N) is 5. The number of hydrogen-bond donors (Lipinski definition) is 0. The summed E-state index contributed by atoms with van der Waals surface area (Å²) < 4.78 is 2.11. The van der Waals surface area contributed by atoms with Crippen molar-refractivity contribution in [1.29, 1.82) is 0 Å². The second-order valence-corrected chi connectivity index (χ2v) is 11.1. The van der Waals surface area contributed by atoms with Crippen LogP contribution in [0.5, 0.6) is 0 Å². The van der Waals surface area contributed by atoms with Gasteiger partial charge in [-0.25, -0.2) is 4.68 Å². The molecule has 1 saturated carbocycles. The van der Waals surface area contributed by atoms with E-state index in [0.29, 0.717) is 24.8 Å². The van der Waals surface area contributed by atoms with E-state index in [4.69, 9.17) is 5.10 Å². The minimum atomic E-state index is 0.314. The van der Waals surface area contributed by atoms with Crippen molar-refractivity contribution in [2.75, 3.05) is 44.7 Å². The van der Waals surface area contributed by atoms with Crippen LogP contribution in [0.4, 0.5) is 5.82 Å². The Labute approximate surface area is 212 Å². The molecule has 1 aliphatic heterocycles. The minimum Gasteiger partial charge on any atom is -0.354 e. The van der Waals surface area contributed by atoms with E-state index in [-0.39, 0.29) is 0 Å². The monoisotopic (exact) mass is 479 g/mol. The van der Waals surface area contributed by atoms with Gasteiger partial charge in [-0.05, 0) is 50.8 Å². The van der Waals surface area contributed by atoms with Crippen molar-refractivity contribution in [3.05, 3.63) is 41.6 Å². The number of hydrogen-bond acceptors (Lipinski definition) is 4. The smallest absolute Gasteiger partial charge is 0.222 e. The van der Waals surface area contributed by atoms with Crippen LogP contribution < -0.4 is 4.90 Å². The molecule has 0 atom stereocenters. The number of likely N-dealkylation sites (N-methyl/N-ethyl adjacent to an activating group) is 1. The molecule has 1 aromatic heterocycles. The van der Waals surface area contributed by atoms with E-state index in [2.05, 4.69) is 71.5 Å². The summed E-state index contributed by atoms with van der Waals surface area (Å²) in [6.07, 6.45) is 8.03. The van der Waals surface area contributed by atoms with Gasteiger partial charge in [-0.3, -0.25) is 4.79 Å². The van der Waals surface area contributed by atoms with Gasteiger partial charge in [-0.1, -0.05) is 57.7 Å². The fourth-order valence-corrected chi connectivity index (χ4v) is 5.51. The Bertz CT molecular complexity index is 939. The normalized spacial score (nSPS) is 17.5. The molecule has 2 aromatic rings. The van der Waals surface area contributed by atoms with Gasteiger partial charge >= 0.3 is 0 Å². The number of carbonyl (C=O) groups excluding carboxylic acids is 1. The SMILES string of the molecule is Cc1nn(-c2ccccc2)c(N2CCN(C)CC2)c1CN(CCC(C)C)C(=O)CCC1CCCC1. The second-order valence-electron chi connectivity index (χ2n) is 11.1. The van der Waals surface area contributed by atoms with Crippen LogP contribution >= 0.6 is 0 Å². The highest BCUT2D eigenvalue weighted by molar-refractivity contribution is 5.76. The topological polar surface area (TPSA) is 44.6 Å². The van der Waals surface area contributed by atoms with Crippen LogP contribution in [0.25, 0.3) is 5.69 Å². The van der Waals surface area contributed by atoms with E-state index in [1.54, 1.807) is 0 Å². The number of amides is 1. The number of aromatic nitrogens is 2. The molecule has 4 rings (SSSR count). The molecule has 1 aliphatic carbocycles. The van der Waals surface area contributed by atoms with Gasteiger partial charge in [0.15, 0.2) is 0 Å². The van der Waals surface area contributed by atoms with E-state index in [0.717, 1.165) is 62.9 Å². The Kier molecular flexibility index (Phi) is 8.88. The molecule has 35 heavy (non-hydrogen) atoms. The third-order valence-electron chi connectivity index (χ3n) is 7.88. The van der Waals surface area contributed by atoms with Crippen LogP contribution in [0.1, 0.15) is 70.1 Å². The maximum Gasteiger partial charge on any atom is 0.222 e. The highest BCUT2D eigenvalue weighted by atomic mass is 16.2. The molecule has 6 heteroatoms. The second kappa shape index (κ2) is 12.1. The third-order valence-corrected chi connectivity index (χ3v) is 7.88. The lowest BCUT2D eigenvalue weighted by Crippen LogP contribution is -2.45. The zero-order valence-corrected chi connectivity index (χ0v) is 22.4. The zero-order valence-electron chi connectivity index (χ0n) is 22.4. The Morgan fingerprint density at radius 3 is 2.43 bits per heavy atom. The number of para-hydroxylation sites is 1. The Morgan fingerprint density at radius 1 is 1.09 bits per heavy atom. The first-order valence-corrected chi connectivity index (χ1v) is 13.8. The fraction of sp³-hybridized carbons (Fsp3) is 0.655. The average molecular weight is 480 g/mol. The van der Waals surface area contributed by atoms with Crippen molar-refractivity contribution in [3.63, 3.8) is 0 Å². The van der Waals surface area contributed by atoms with E-state index >= 15 is 0 Å². The van der Waals surface area contributed by atoms with E-state index in [1.165, 1.54) is 37.1 Å². The summed E-state index contributed by atoms with van der Waals surface area (Å²) in [4.78, 5) is 20.5. The molecule has 2 fully saturated rings. The quantitative estimate of drug-likeness (QED) is 0.465. The Hall–Kier alpha value is -2.34. The Balaban J connectivity index is 1.61. The van der Waals surface area contributed by atoms with Crippen LogP contribution in [-0.4, -0.2) is 65.3 Å². The van der Waals surface area contributed by atoms with Crippen LogP contribution in [-0.2, 0) is 11.3 Å². The molecule has 6 nitrogen and oxygen atoms in total. The van der Waals surface area contributed by atoms with Crippen molar-refractivity contribution in [2.45, 2.75) is 72.3 Å². The van der Waals surface area contributed by atoms with Gasteiger partial charge < -0.3 is 14.7 Å². The van der Waals surface area contributed by atoms with Gasteiger partial charge in [0.2, 0.25) is 5.91 Å². The van der Waals surface area contributed by atoms with Crippen molar-refractivity contribution in [3.8, 4) is 5.69 Å². The summed E-state index contributed by atoms with van der Waals surface area (Å²) in [6, 6.07) is 10.4. The van der Waals surface area contributed by atoms with Crippen molar-refractivity contribution in [2.24, 2.45) is 11.8 Å². The highest BCUT2D eigenvalue weighted by Crippen LogP contribution is 2.31. The molecule has 1 aromatic carbocycles. The number of piperazine rings is 1. The number of rotatable bonds is 10. The van der Waals surface area contributed by atoms with Gasteiger partial charge in [-0.2, -0.15) is 5.10 Å². The molecule has 192 valence electrons.